The molecule has 1 aliphatic rings. The number of aliphatic hydroxyl groups is 1. The average Bonchev–Trinajstić information content (AvgIpc) is 3.39. The van der Waals surface area contributed by atoms with E-state index < -0.39 is 22.7 Å². The van der Waals surface area contributed by atoms with E-state index in [-0.39, 0.29) is 5.82 Å². The number of hydrogen-bond donors (Lipinski definition) is 1. The fourth-order valence-electron chi connectivity index (χ4n) is 3.79. The average molecular weight is 577 g/mol. The second kappa shape index (κ2) is 11.2. The van der Waals surface area contributed by atoms with Gasteiger partial charge in [0.15, 0.2) is 6.20 Å². The largest absolute Gasteiger partial charge is 0.399 e. The highest BCUT2D eigenvalue weighted by Gasteiger charge is 2.22. The van der Waals surface area contributed by atoms with Crippen molar-refractivity contribution < 1.29 is 23.5 Å². The molecule has 4 aromatic rings. The first-order valence-electron chi connectivity index (χ1n) is 11.2. The molecule has 3 aromatic heterocycles. The Bertz CT molecular complexity index is 1420. The molecule has 1 atom stereocenters. The van der Waals surface area contributed by atoms with Crippen LogP contribution in [-0.4, -0.2) is 47.8 Å². The molecule has 1 saturated heterocycles. The van der Waals surface area contributed by atoms with Crippen molar-refractivity contribution in [1.29, 1.82) is 0 Å². The fraction of sp³-hybridized carbons (Fsp3) is 0.292. The summed E-state index contributed by atoms with van der Waals surface area (Å²) in [6, 6.07) is 5.75. The van der Waals surface area contributed by atoms with Crippen LogP contribution in [0.3, 0.4) is 0 Å². The predicted octanol–water partition coefficient (Wildman–Crippen LogP) is 4.53. The van der Waals surface area contributed by atoms with Crippen LogP contribution in [0.15, 0.2) is 53.5 Å². The highest BCUT2D eigenvalue weighted by Crippen LogP contribution is 2.31. The van der Waals surface area contributed by atoms with Gasteiger partial charge >= 0.3 is 5.82 Å². The Morgan fingerprint density at radius 3 is 2.65 bits per heavy atom. The van der Waals surface area contributed by atoms with E-state index in [2.05, 4.69) is 31.1 Å². The van der Waals surface area contributed by atoms with Crippen molar-refractivity contribution in [3.63, 3.8) is 0 Å². The molecule has 1 aromatic carbocycles. The third kappa shape index (κ3) is 6.24. The molecule has 13 heteroatoms. The van der Waals surface area contributed by atoms with Gasteiger partial charge in [-0.1, -0.05) is 0 Å². The van der Waals surface area contributed by atoms with Gasteiger partial charge in [0.25, 0.3) is 0 Å². The summed E-state index contributed by atoms with van der Waals surface area (Å²) in [4.78, 5) is 12.4. The lowest BCUT2D eigenvalue weighted by Crippen LogP contribution is -2.30. The molecule has 1 aliphatic heterocycles. The SMILES string of the molecule is C[C@@H](O)c1cc(F)ccc1-c1nn(C)cc1Cc1cnn(C2COC2)c1.O=[N+]([O-])c1ncc(Br)cc1F. The van der Waals surface area contributed by atoms with Crippen molar-refractivity contribution in [2.45, 2.75) is 25.5 Å². The maximum absolute atomic E-state index is 13.6. The molecule has 0 spiro atoms. The number of nitrogens with zero attached hydrogens (tertiary/aromatic N) is 6. The van der Waals surface area contributed by atoms with E-state index in [1.165, 1.54) is 18.3 Å². The van der Waals surface area contributed by atoms with Gasteiger partial charge < -0.3 is 20.0 Å². The summed E-state index contributed by atoms with van der Waals surface area (Å²) >= 11 is 2.92. The van der Waals surface area contributed by atoms with E-state index in [9.17, 15) is 24.0 Å². The van der Waals surface area contributed by atoms with Crippen LogP contribution in [0.1, 0.15) is 35.8 Å². The van der Waals surface area contributed by atoms with Gasteiger partial charge in [0.1, 0.15) is 5.82 Å². The Balaban J connectivity index is 0.000000245. The van der Waals surface area contributed by atoms with Gasteiger partial charge in [-0.3, -0.25) is 9.36 Å². The molecule has 0 unspecified atom stereocenters. The quantitative estimate of drug-likeness (QED) is 0.264. The van der Waals surface area contributed by atoms with E-state index in [4.69, 9.17) is 4.74 Å². The molecule has 0 amide bonds. The van der Waals surface area contributed by atoms with Crippen molar-refractivity contribution in [2.75, 3.05) is 13.2 Å². The summed E-state index contributed by atoms with van der Waals surface area (Å²) in [6.07, 6.45) is 6.89. The zero-order valence-corrected chi connectivity index (χ0v) is 21.5. The first-order chi connectivity index (χ1) is 17.6. The maximum Gasteiger partial charge on any atom is 0.399 e. The molecule has 1 N–H and O–H groups in total. The van der Waals surface area contributed by atoms with Gasteiger partial charge in [-0.25, -0.2) is 4.39 Å². The predicted molar refractivity (Wildman–Crippen MR) is 133 cm³/mol. The molecule has 194 valence electrons. The van der Waals surface area contributed by atoms with Crippen LogP contribution in [0.5, 0.6) is 0 Å². The standard InChI is InChI=1S/C19H21FN4O2.C5H2BrFN2O2/c1-12(25)18-6-15(20)3-4-17(18)19-14(9-23(2)22-19)5-13-7-21-24(8-13)16-10-26-11-16;6-3-1-4(7)5(8-2-3)9(10)11/h3-4,6-9,12,16,25H,5,10-11H2,1-2H3;1-2H/t12-;/m1./s1. The van der Waals surface area contributed by atoms with Crippen LogP contribution in [0.4, 0.5) is 14.6 Å². The zero-order chi connectivity index (χ0) is 26.7. The summed E-state index contributed by atoms with van der Waals surface area (Å²) in [6.45, 7) is 3.03. The number of halogens is 3. The minimum absolute atomic E-state index is 0.316. The highest BCUT2D eigenvalue weighted by atomic mass is 79.9. The zero-order valence-electron chi connectivity index (χ0n) is 19.9. The molecule has 0 aliphatic carbocycles. The number of aryl methyl sites for hydroxylation is 1. The summed E-state index contributed by atoms with van der Waals surface area (Å²) in [5.41, 5.74) is 4.12. The molecular weight excluding hydrogens is 554 g/mol. The fourth-order valence-corrected chi connectivity index (χ4v) is 4.10. The molecule has 5 rings (SSSR count). The summed E-state index contributed by atoms with van der Waals surface area (Å²) in [7, 11) is 1.85. The van der Waals surface area contributed by atoms with Gasteiger partial charge in [0, 0.05) is 43.1 Å². The summed E-state index contributed by atoms with van der Waals surface area (Å²) < 4.78 is 35.5. The van der Waals surface area contributed by atoms with E-state index in [0.717, 1.165) is 28.5 Å². The Morgan fingerprint density at radius 1 is 1.27 bits per heavy atom. The van der Waals surface area contributed by atoms with Crippen molar-refractivity contribution in [1.82, 2.24) is 24.5 Å². The number of aliphatic hydroxyl groups excluding tert-OH is 1. The molecule has 0 radical (unpaired) electrons. The van der Waals surface area contributed by atoms with E-state index >= 15 is 0 Å². The van der Waals surface area contributed by atoms with Crippen molar-refractivity contribution in [3.05, 3.63) is 92.0 Å². The molecule has 37 heavy (non-hydrogen) atoms. The second-order valence-electron chi connectivity index (χ2n) is 8.50. The van der Waals surface area contributed by atoms with Crippen molar-refractivity contribution in [3.8, 4) is 11.3 Å². The first-order valence-corrected chi connectivity index (χ1v) is 12.0. The molecule has 10 nitrogen and oxygen atoms in total. The summed E-state index contributed by atoms with van der Waals surface area (Å²) in [5, 5.41) is 29.0. The Labute approximate surface area is 218 Å². The van der Waals surface area contributed by atoms with Gasteiger partial charge in [-0.2, -0.15) is 14.6 Å². The van der Waals surface area contributed by atoms with E-state index in [1.54, 1.807) is 17.7 Å². The number of aromatic nitrogens is 5. The van der Waals surface area contributed by atoms with Crippen molar-refractivity contribution in [2.24, 2.45) is 7.05 Å². The molecular formula is C24H23BrF2N6O4. The Kier molecular flexibility index (Phi) is 8.05. The number of rotatable bonds is 6. The Morgan fingerprint density at radius 2 is 2.03 bits per heavy atom. The van der Waals surface area contributed by atoms with Gasteiger partial charge in [-0.05, 0) is 62.1 Å². The smallest absolute Gasteiger partial charge is 0.389 e. The number of pyridine rings is 1. The first kappa shape index (κ1) is 26.5. The number of nitro groups is 1. The number of benzene rings is 1. The maximum atomic E-state index is 13.6. The molecule has 0 saturated carbocycles. The lowest BCUT2D eigenvalue weighted by molar-refractivity contribution is -0.392. The lowest BCUT2D eigenvalue weighted by Gasteiger charge is -2.25. The van der Waals surface area contributed by atoms with Gasteiger partial charge in [0.2, 0.25) is 5.82 Å². The third-order valence-electron chi connectivity index (χ3n) is 5.63. The molecule has 4 heterocycles. The second-order valence-corrected chi connectivity index (χ2v) is 9.41. The van der Waals surface area contributed by atoms with Crippen LogP contribution in [-0.2, 0) is 18.2 Å². The van der Waals surface area contributed by atoms with Gasteiger partial charge in [0.05, 0.1) is 41.7 Å². The van der Waals surface area contributed by atoms with Crippen molar-refractivity contribution >= 4 is 21.7 Å². The third-order valence-corrected chi connectivity index (χ3v) is 6.06. The van der Waals surface area contributed by atoms with Crippen LogP contribution in [0.25, 0.3) is 11.3 Å². The minimum atomic E-state index is -0.940. The lowest BCUT2D eigenvalue weighted by atomic mass is 9.96. The monoisotopic (exact) mass is 576 g/mol. The van der Waals surface area contributed by atoms with Crippen LogP contribution in [0.2, 0.25) is 0 Å². The van der Waals surface area contributed by atoms with E-state index in [1.807, 2.05) is 30.3 Å². The Hall–Kier alpha value is -3.55. The van der Waals surface area contributed by atoms with E-state index in [0.29, 0.717) is 35.7 Å². The molecule has 1 fully saturated rings. The topological polar surface area (TPSA) is 121 Å². The molecule has 0 bridgehead atoms. The highest BCUT2D eigenvalue weighted by molar-refractivity contribution is 9.10. The number of hydrogen-bond acceptors (Lipinski definition) is 7. The number of ether oxygens (including phenoxy) is 1. The van der Waals surface area contributed by atoms with Gasteiger partial charge in [-0.15, -0.1) is 0 Å². The normalized spacial score (nSPS) is 14.0. The van der Waals surface area contributed by atoms with Crippen LogP contribution in [0, 0.1) is 21.7 Å². The minimum Gasteiger partial charge on any atom is -0.389 e. The van der Waals surface area contributed by atoms with Crippen LogP contribution < -0.4 is 0 Å². The summed E-state index contributed by atoms with van der Waals surface area (Å²) in [5.74, 6) is -2.07. The van der Waals surface area contributed by atoms with Crippen LogP contribution >= 0.6 is 15.9 Å².